The average molecular weight is 214 g/mol. The Morgan fingerprint density at radius 1 is 1.36 bits per heavy atom. The summed E-state index contributed by atoms with van der Waals surface area (Å²) in [5.74, 6) is 2.07. The van der Waals surface area contributed by atoms with Crippen LogP contribution in [0.3, 0.4) is 0 Å². The van der Waals surface area contributed by atoms with Crippen LogP contribution in [0.4, 0.5) is 0 Å². The van der Waals surface area contributed by atoms with E-state index in [1.54, 1.807) is 0 Å². The van der Waals surface area contributed by atoms with Crippen molar-refractivity contribution >= 4 is 11.8 Å². The third-order valence-corrected chi connectivity index (χ3v) is 3.46. The van der Waals surface area contributed by atoms with Crippen LogP contribution >= 0.6 is 11.8 Å². The molecule has 0 spiro atoms. The summed E-state index contributed by atoms with van der Waals surface area (Å²) in [5.41, 5.74) is -0.342. The highest BCUT2D eigenvalue weighted by molar-refractivity contribution is 7.99. The van der Waals surface area contributed by atoms with Gasteiger partial charge >= 0.3 is 0 Å². The zero-order valence-corrected chi connectivity index (χ0v) is 10.4. The molecule has 3 heteroatoms. The highest BCUT2D eigenvalue weighted by Crippen LogP contribution is 2.14. The van der Waals surface area contributed by atoms with E-state index in [2.05, 4.69) is 18.3 Å². The number of nitriles is 1. The van der Waals surface area contributed by atoms with Crippen LogP contribution in [0.5, 0.6) is 0 Å². The standard InChI is InChI=1S/C11H22N2S/c1-4-6-7-8-14-10-11(3,9-12)13-5-2/h13H,4-8,10H2,1-3H3. The van der Waals surface area contributed by atoms with Crippen molar-refractivity contribution in [1.82, 2.24) is 5.32 Å². The SMILES string of the molecule is CCCCCSCC(C)(C#N)NCC. The van der Waals surface area contributed by atoms with Crippen LogP contribution in [-0.2, 0) is 0 Å². The van der Waals surface area contributed by atoms with Gasteiger partial charge in [-0.1, -0.05) is 26.7 Å². The van der Waals surface area contributed by atoms with Crippen molar-refractivity contribution in [2.24, 2.45) is 0 Å². The average Bonchev–Trinajstić information content (AvgIpc) is 2.18. The van der Waals surface area contributed by atoms with Gasteiger partial charge in [0.2, 0.25) is 0 Å². The second-order valence-electron chi connectivity index (χ2n) is 3.73. The van der Waals surface area contributed by atoms with Crippen molar-refractivity contribution in [1.29, 1.82) is 5.26 Å². The van der Waals surface area contributed by atoms with Crippen molar-refractivity contribution in [3.63, 3.8) is 0 Å². The van der Waals surface area contributed by atoms with Gasteiger partial charge < -0.3 is 0 Å². The molecule has 82 valence electrons. The topological polar surface area (TPSA) is 35.8 Å². The molecule has 0 aromatic rings. The number of thioether (sulfide) groups is 1. The van der Waals surface area contributed by atoms with E-state index >= 15 is 0 Å². The van der Waals surface area contributed by atoms with Crippen LogP contribution in [0.2, 0.25) is 0 Å². The van der Waals surface area contributed by atoms with E-state index in [9.17, 15) is 0 Å². The monoisotopic (exact) mass is 214 g/mol. The van der Waals surface area contributed by atoms with Crippen molar-refractivity contribution in [2.75, 3.05) is 18.1 Å². The van der Waals surface area contributed by atoms with Crippen LogP contribution in [0.15, 0.2) is 0 Å². The third-order valence-electron chi connectivity index (χ3n) is 2.10. The van der Waals surface area contributed by atoms with Crippen LogP contribution in [0.1, 0.15) is 40.0 Å². The predicted octanol–water partition coefficient (Wildman–Crippen LogP) is 2.80. The Morgan fingerprint density at radius 2 is 2.07 bits per heavy atom. The van der Waals surface area contributed by atoms with Gasteiger partial charge in [-0.2, -0.15) is 17.0 Å². The van der Waals surface area contributed by atoms with Gasteiger partial charge in [0.25, 0.3) is 0 Å². The van der Waals surface area contributed by atoms with Crippen LogP contribution in [0, 0.1) is 11.3 Å². The van der Waals surface area contributed by atoms with E-state index < -0.39 is 0 Å². The molecule has 0 aromatic heterocycles. The molecule has 0 aliphatic rings. The number of hydrogen-bond acceptors (Lipinski definition) is 3. The molecule has 0 heterocycles. The van der Waals surface area contributed by atoms with E-state index in [0.29, 0.717) is 0 Å². The lowest BCUT2D eigenvalue weighted by molar-refractivity contribution is 0.511. The van der Waals surface area contributed by atoms with E-state index in [4.69, 9.17) is 5.26 Å². The van der Waals surface area contributed by atoms with Gasteiger partial charge in [0, 0.05) is 5.75 Å². The Kier molecular flexibility index (Phi) is 8.02. The fourth-order valence-corrected chi connectivity index (χ4v) is 2.37. The first-order chi connectivity index (χ1) is 6.68. The molecule has 14 heavy (non-hydrogen) atoms. The van der Waals surface area contributed by atoms with E-state index in [1.807, 2.05) is 25.6 Å². The first-order valence-corrected chi connectivity index (χ1v) is 6.58. The minimum Gasteiger partial charge on any atom is -0.299 e. The lowest BCUT2D eigenvalue weighted by Gasteiger charge is -2.21. The first-order valence-electron chi connectivity index (χ1n) is 5.42. The lowest BCUT2D eigenvalue weighted by Crippen LogP contribution is -2.43. The van der Waals surface area contributed by atoms with Gasteiger partial charge in [0.05, 0.1) is 6.07 Å². The van der Waals surface area contributed by atoms with Crippen molar-refractivity contribution in [2.45, 2.75) is 45.6 Å². The Morgan fingerprint density at radius 3 is 2.57 bits per heavy atom. The Balaban J connectivity index is 3.58. The highest BCUT2D eigenvalue weighted by Gasteiger charge is 2.21. The van der Waals surface area contributed by atoms with Gasteiger partial charge in [-0.25, -0.2) is 0 Å². The summed E-state index contributed by atoms with van der Waals surface area (Å²) < 4.78 is 0. The molecular formula is C11H22N2S. The molecule has 0 radical (unpaired) electrons. The zero-order valence-electron chi connectivity index (χ0n) is 9.60. The Bertz CT molecular complexity index is 177. The van der Waals surface area contributed by atoms with Crippen molar-refractivity contribution in [3.8, 4) is 6.07 Å². The van der Waals surface area contributed by atoms with Gasteiger partial charge in [-0.15, -0.1) is 0 Å². The van der Waals surface area contributed by atoms with Gasteiger partial charge in [-0.05, 0) is 25.6 Å². The highest BCUT2D eigenvalue weighted by atomic mass is 32.2. The van der Waals surface area contributed by atoms with Crippen LogP contribution < -0.4 is 5.32 Å². The van der Waals surface area contributed by atoms with Crippen LogP contribution in [0.25, 0.3) is 0 Å². The number of unbranched alkanes of at least 4 members (excludes halogenated alkanes) is 2. The molecule has 0 aliphatic carbocycles. The molecule has 0 saturated carbocycles. The molecule has 1 unspecified atom stereocenters. The third kappa shape index (κ3) is 6.28. The summed E-state index contributed by atoms with van der Waals surface area (Å²) >= 11 is 1.88. The Labute approximate surface area is 92.5 Å². The molecule has 1 atom stereocenters. The summed E-state index contributed by atoms with van der Waals surface area (Å²) in [7, 11) is 0. The fraction of sp³-hybridized carbons (Fsp3) is 0.909. The van der Waals surface area contributed by atoms with E-state index in [1.165, 1.54) is 25.0 Å². The number of nitrogens with one attached hydrogen (secondary N) is 1. The fourth-order valence-electron chi connectivity index (χ4n) is 1.24. The first kappa shape index (κ1) is 13.8. The zero-order chi connectivity index (χ0) is 10.9. The smallest absolute Gasteiger partial charge is 0.113 e. The molecule has 2 nitrogen and oxygen atoms in total. The second-order valence-corrected chi connectivity index (χ2v) is 4.84. The van der Waals surface area contributed by atoms with Crippen molar-refractivity contribution in [3.05, 3.63) is 0 Å². The molecule has 0 saturated heterocycles. The number of hydrogen-bond donors (Lipinski definition) is 1. The quantitative estimate of drug-likeness (QED) is 0.631. The van der Waals surface area contributed by atoms with Crippen LogP contribution in [-0.4, -0.2) is 23.6 Å². The predicted molar refractivity (Wildman–Crippen MR) is 64.5 cm³/mol. The summed E-state index contributed by atoms with van der Waals surface area (Å²) in [6, 6.07) is 2.34. The molecule has 1 N–H and O–H groups in total. The normalized spacial score (nSPS) is 14.7. The minimum absolute atomic E-state index is 0.342. The maximum Gasteiger partial charge on any atom is 0.113 e. The second kappa shape index (κ2) is 8.14. The number of rotatable bonds is 8. The molecule has 0 bridgehead atoms. The number of nitrogens with zero attached hydrogens (tertiary/aromatic N) is 1. The lowest BCUT2D eigenvalue weighted by atomic mass is 10.1. The molecule has 0 aromatic carbocycles. The maximum atomic E-state index is 8.99. The van der Waals surface area contributed by atoms with E-state index in [-0.39, 0.29) is 5.54 Å². The summed E-state index contributed by atoms with van der Waals surface area (Å²) in [4.78, 5) is 0. The Hall–Kier alpha value is -0.200. The largest absolute Gasteiger partial charge is 0.299 e. The van der Waals surface area contributed by atoms with E-state index in [0.717, 1.165) is 12.3 Å². The molecule has 0 amide bonds. The maximum absolute atomic E-state index is 8.99. The molecule has 0 fully saturated rings. The summed E-state index contributed by atoms with van der Waals surface area (Å²) in [6.45, 7) is 7.09. The molecule has 0 aliphatic heterocycles. The molecule has 0 rings (SSSR count). The summed E-state index contributed by atoms with van der Waals surface area (Å²) in [6.07, 6.45) is 3.84. The minimum atomic E-state index is -0.342. The summed E-state index contributed by atoms with van der Waals surface area (Å²) in [5, 5.41) is 12.2. The molecular weight excluding hydrogens is 192 g/mol. The van der Waals surface area contributed by atoms with Gasteiger partial charge in [0.1, 0.15) is 5.54 Å². The van der Waals surface area contributed by atoms with Crippen molar-refractivity contribution < 1.29 is 0 Å². The van der Waals surface area contributed by atoms with Gasteiger partial charge in [0.15, 0.2) is 0 Å². The van der Waals surface area contributed by atoms with Gasteiger partial charge in [-0.3, -0.25) is 5.32 Å².